The molecule has 1 saturated carbocycles. The van der Waals surface area contributed by atoms with Crippen molar-refractivity contribution in [2.75, 3.05) is 65.6 Å². The van der Waals surface area contributed by atoms with E-state index in [2.05, 4.69) is 22.0 Å². The highest BCUT2D eigenvalue weighted by molar-refractivity contribution is 5.80. The van der Waals surface area contributed by atoms with Gasteiger partial charge in [0.15, 0.2) is 5.96 Å². The summed E-state index contributed by atoms with van der Waals surface area (Å²) in [4.78, 5) is 9.96. The van der Waals surface area contributed by atoms with E-state index in [0.29, 0.717) is 6.10 Å². The summed E-state index contributed by atoms with van der Waals surface area (Å²) in [5.41, 5.74) is 0. The molecule has 3 rings (SSSR count). The number of nitrogens with one attached hydrogen (secondary N) is 1. The van der Waals surface area contributed by atoms with Crippen LogP contribution in [0.1, 0.15) is 64.7 Å². The largest absolute Gasteiger partial charge is 0.379 e. The van der Waals surface area contributed by atoms with E-state index in [0.717, 1.165) is 77.4 Å². The van der Waals surface area contributed by atoms with E-state index in [1.807, 2.05) is 0 Å². The van der Waals surface area contributed by atoms with Gasteiger partial charge >= 0.3 is 0 Å². The molecule has 1 unspecified atom stereocenters. The maximum Gasteiger partial charge on any atom is 0.193 e. The van der Waals surface area contributed by atoms with E-state index in [9.17, 15) is 0 Å². The number of unbranched alkanes of at least 4 members (excludes halogenated alkanes) is 2. The van der Waals surface area contributed by atoms with Crippen molar-refractivity contribution in [1.82, 2.24) is 15.1 Å². The number of hydrogen-bond acceptors (Lipinski definition) is 4. The zero-order valence-corrected chi connectivity index (χ0v) is 18.7. The Morgan fingerprint density at radius 2 is 1.86 bits per heavy atom. The van der Waals surface area contributed by atoms with E-state index < -0.39 is 0 Å². The second kappa shape index (κ2) is 13.5. The molecular formula is C23H44N4O2. The van der Waals surface area contributed by atoms with Crippen LogP contribution in [-0.2, 0) is 9.47 Å². The van der Waals surface area contributed by atoms with E-state index in [1.165, 1.54) is 57.9 Å². The van der Waals surface area contributed by atoms with Gasteiger partial charge in [0.25, 0.3) is 0 Å². The number of likely N-dealkylation sites (tertiary alicyclic amines) is 1. The first kappa shape index (κ1) is 22.8. The summed E-state index contributed by atoms with van der Waals surface area (Å²) in [5.74, 6) is 1.88. The van der Waals surface area contributed by atoms with Crippen molar-refractivity contribution in [3.8, 4) is 0 Å². The first-order valence-electron chi connectivity index (χ1n) is 12.3. The normalized spacial score (nSPS) is 24.9. The fourth-order valence-corrected chi connectivity index (χ4v) is 4.81. The van der Waals surface area contributed by atoms with Gasteiger partial charge in [-0.1, -0.05) is 19.3 Å². The zero-order valence-electron chi connectivity index (χ0n) is 18.7. The lowest BCUT2D eigenvalue weighted by Gasteiger charge is -2.29. The van der Waals surface area contributed by atoms with E-state index in [1.54, 1.807) is 0 Å². The van der Waals surface area contributed by atoms with Gasteiger partial charge in [0.2, 0.25) is 0 Å². The molecule has 6 heteroatoms. The fraction of sp³-hybridized carbons (Fsp3) is 0.957. The molecule has 6 nitrogen and oxygen atoms in total. The van der Waals surface area contributed by atoms with Crippen molar-refractivity contribution in [3.63, 3.8) is 0 Å². The van der Waals surface area contributed by atoms with Gasteiger partial charge in [0.05, 0.1) is 19.3 Å². The minimum Gasteiger partial charge on any atom is -0.379 e. The molecule has 0 spiro atoms. The van der Waals surface area contributed by atoms with E-state index >= 15 is 0 Å². The summed E-state index contributed by atoms with van der Waals surface area (Å²) in [7, 11) is 0. The molecule has 2 aliphatic heterocycles. The number of aliphatic imine (C=N–C) groups is 1. The van der Waals surface area contributed by atoms with Crippen molar-refractivity contribution in [1.29, 1.82) is 0 Å². The Labute approximate surface area is 178 Å². The molecule has 3 fully saturated rings. The number of morpholine rings is 1. The number of guanidine groups is 1. The molecule has 0 aromatic rings. The van der Waals surface area contributed by atoms with Crippen LogP contribution < -0.4 is 5.32 Å². The zero-order chi connectivity index (χ0) is 20.2. The third-order valence-corrected chi connectivity index (χ3v) is 6.51. The summed E-state index contributed by atoms with van der Waals surface area (Å²) in [6.07, 6.45) is 12.0. The van der Waals surface area contributed by atoms with E-state index in [-0.39, 0.29) is 0 Å². The van der Waals surface area contributed by atoms with Gasteiger partial charge in [-0.25, -0.2) is 0 Å². The Balaban J connectivity index is 1.29. The minimum atomic E-state index is 0.544. The van der Waals surface area contributed by atoms with Crippen molar-refractivity contribution in [2.45, 2.75) is 70.8 Å². The van der Waals surface area contributed by atoms with Crippen LogP contribution >= 0.6 is 0 Å². The molecule has 0 bridgehead atoms. The predicted octanol–water partition coefficient (Wildman–Crippen LogP) is 3.13. The average Bonchev–Trinajstić information content (AvgIpc) is 3.22. The highest BCUT2D eigenvalue weighted by Gasteiger charge is 2.27. The third kappa shape index (κ3) is 8.42. The molecule has 0 aromatic carbocycles. The molecule has 1 N–H and O–H groups in total. The smallest absolute Gasteiger partial charge is 0.193 e. The maximum absolute atomic E-state index is 6.04. The lowest BCUT2D eigenvalue weighted by molar-refractivity contribution is 0.0264. The number of hydrogen-bond donors (Lipinski definition) is 1. The predicted molar refractivity (Wildman–Crippen MR) is 120 cm³/mol. The molecule has 29 heavy (non-hydrogen) atoms. The van der Waals surface area contributed by atoms with Crippen LogP contribution in [0.2, 0.25) is 0 Å². The number of ether oxygens (including phenoxy) is 2. The van der Waals surface area contributed by atoms with E-state index in [4.69, 9.17) is 14.5 Å². The van der Waals surface area contributed by atoms with Gasteiger partial charge in [-0.15, -0.1) is 0 Å². The van der Waals surface area contributed by atoms with Crippen LogP contribution in [0.15, 0.2) is 4.99 Å². The van der Waals surface area contributed by atoms with Gasteiger partial charge in [-0.3, -0.25) is 9.89 Å². The van der Waals surface area contributed by atoms with Crippen molar-refractivity contribution < 1.29 is 9.47 Å². The Bertz CT molecular complexity index is 462. The molecule has 0 aromatic heterocycles. The summed E-state index contributed by atoms with van der Waals surface area (Å²) < 4.78 is 11.5. The molecule has 2 heterocycles. The summed E-state index contributed by atoms with van der Waals surface area (Å²) in [6.45, 7) is 12.4. The van der Waals surface area contributed by atoms with Crippen molar-refractivity contribution in [3.05, 3.63) is 0 Å². The molecule has 0 amide bonds. The van der Waals surface area contributed by atoms with Gasteiger partial charge < -0.3 is 19.7 Å². The Morgan fingerprint density at radius 3 is 2.66 bits per heavy atom. The Hall–Kier alpha value is -0.850. The van der Waals surface area contributed by atoms with Crippen LogP contribution in [0.25, 0.3) is 0 Å². The van der Waals surface area contributed by atoms with Crippen molar-refractivity contribution >= 4 is 5.96 Å². The molecule has 0 radical (unpaired) electrons. The quantitative estimate of drug-likeness (QED) is 0.342. The molecule has 3 aliphatic rings. The van der Waals surface area contributed by atoms with Crippen molar-refractivity contribution in [2.24, 2.45) is 10.9 Å². The van der Waals surface area contributed by atoms with Gasteiger partial charge in [0.1, 0.15) is 0 Å². The summed E-state index contributed by atoms with van der Waals surface area (Å²) in [5, 5.41) is 3.51. The SMILES string of the molecule is CCNC(=NCCCCCOC1CCCCC1)N1CCC(CN2CCOCC2)C1. The molecule has 1 atom stereocenters. The molecule has 1 aliphatic carbocycles. The third-order valence-electron chi connectivity index (χ3n) is 6.51. The summed E-state index contributed by atoms with van der Waals surface area (Å²) in [6, 6.07) is 0. The van der Waals surface area contributed by atoms with Crippen LogP contribution in [0, 0.1) is 5.92 Å². The number of nitrogens with zero attached hydrogens (tertiary/aromatic N) is 3. The molecular weight excluding hydrogens is 364 g/mol. The van der Waals surface area contributed by atoms with Crippen LogP contribution in [0.4, 0.5) is 0 Å². The first-order valence-corrected chi connectivity index (χ1v) is 12.3. The molecule has 168 valence electrons. The highest BCUT2D eigenvalue weighted by Crippen LogP contribution is 2.21. The fourth-order valence-electron chi connectivity index (χ4n) is 4.81. The maximum atomic E-state index is 6.04. The van der Waals surface area contributed by atoms with Crippen LogP contribution in [0.5, 0.6) is 0 Å². The van der Waals surface area contributed by atoms with Gasteiger partial charge in [-0.2, -0.15) is 0 Å². The number of rotatable bonds is 10. The standard InChI is InChI=1S/C23H44N4O2/c1-2-24-23(25-12-7-4-8-16-29-22-9-5-3-6-10-22)27-13-11-21(20-27)19-26-14-17-28-18-15-26/h21-22H,2-20H2,1H3,(H,24,25). The second-order valence-electron chi connectivity index (χ2n) is 8.94. The summed E-state index contributed by atoms with van der Waals surface area (Å²) >= 11 is 0. The second-order valence-corrected chi connectivity index (χ2v) is 8.94. The first-order chi connectivity index (χ1) is 14.3. The van der Waals surface area contributed by atoms with Gasteiger partial charge in [-0.05, 0) is 51.4 Å². The van der Waals surface area contributed by atoms with Crippen LogP contribution in [0.3, 0.4) is 0 Å². The Kier molecular flexibility index (Phi) is 10.6. The average molecular weight is 409 g/mol. The topological polar surface area (TPSA) is 49.3 Å². The Morgan fingerprint density at radius 1 is 1.03 bits per heavy atom. The minimum absolute atomic E-state index is 0.544. The van der Waals surface area contributed by atoms with Crippen LogP contribution in [-0.4, -0.2) is 87.5 Å². The molecule has 2 saturated heterocycles. The monoisotopic (exact) mass is 408 g/mol. The lowest BCUT2D eigenvalue weighted by atomic mass is 9.98. The highest BCUT2D eigenvalue weighted by atomic mass is 16.5. The van der Waals surface area contributed by atoms with Gasteiger partial charge in [0, 0.05) is 52.4 Å². The lowest BCUT2D eigenvalue weighted by Crippen LogP contribution is -2.42.